The van der Waals surface area contributed by atoms with Gasteiger partial charge in [0, 0.05) is 11.3 Å². The molecule has 0 atom stereocenters. The Labute approximate surface area is 172 Å². The van der Waals surface area contributed by atoms with Crippen LogP contribution < -0.4 is 10.1 Å². The second-order valence-corrected chi connectivity index (χ2v) is 7.40. The number of anilines is 1. The Balaban J connectivity index is 1.48. The van der Waals surface area contributed by atoms with Gasteiger partial charge in [-0.1, -0.05) is 30.0 Å². The van der Waals surface area contributed by atoms with Gasteiger partial charge >= 0.3 is 0 Å². The van der Waals surface area contributed by atoms with Gasteiger partial charge in [-0.2, -0.15) is 0 Å². The molecule has 3 aromatic rings. The van der Waals surface area contributed by atoms with Crippen molar-refractivity contribution < 1.29 is 18.7 Å². The van der Waals surface area contributed by atoms with Crippen molar-refractivity contribution in [3.05, 3.63) is 65.0 Å². The number of hydrogen-bond acceptors (Lipinski definition) is 7. The monoisotopic (exact) mass is 411 g/mol. The highest BCUT2D eigenvalue weighted by Crippen LogP contribution is 2.20. The SMILES string of the molecule is CC(=O)c1cccc(NC(=O)CSc2nnc(COc3ccc(C)c(C)c3)o2)c1. The summed E-state index contributed by atoms with van der Waals surface area (Å²) in [6.45, 7) is 5.69. The van der Waals surface area contributed by atoms with E-state index < -0.39 is 0 Å². The quantitative estimate of drug-likeness (QED) is 0.438. The number of rotatable bonds is 8. The van der Waals surface area contributed by atoms with E-state index in [2.05, 4.69) is 15.5 Å². The number of Topliss-reactive ketones (excluding diaryl/α,β-unsaturated/α-hetero) is 1. The summed E-state index contributed by atoms with van der Waals surface area (Å²) in [7, 11) is 0. The van der Waals surface area contributed by atoms with Gasteiger partial charge in [-0.25, -0.2) is 0 Å². The lowest BCUT2D eigenvalue weighted by atomic mass is 10.1. The molecule has 29 heavy (non-hydrogen) atoms. The maximum Gasteiger partial charge on any atom is 0.277 e. The predicted molar refractivity (Wildman–Crippen MR) is 110 cm³/mol. The summed E-state index contributed by atoms with van der Waals surface area (Å²) in [5.41, 5.74) is 3.45. The molecule has 0 aliphatic carbocycles. The molecule has 0 radical (unpaired) electrons. The zero-order chi connectivity index (χ0) is 20.8. The Morgan fingerprint density at radius 2 is 1.93 bits per heavy atom. The van der Waals surface area contributed by atoms with Crippen molar-refractivity contribution in [3.8, 4) is 5.75 Å². The average molecular weight is 411 g/mol. The predicted octanol–water partition coefficient (Wildman–Crippen LogP) is 4.20. The van der Waals surface area contributed by atoms with E-state index in [1.807, 2.05) is 32.0 Å². The molecule has 0 saturated carbocycles. The molecule has 8 heteroatoms. The number of ether oxygens (including phenoxy) is 1. The zero-order valence-electron chi connectivity index (χ0n) is 16.4. The minimum absolute atomic E-state index is 0.0584. The third-order valence-electron chi connectivity index (χ3n) is 4.17. The number of aryl methyl sites for hydroxylation is 2. The van der Waals surface area contributed by atoms with Crippen LogP contribution in [0.3, 0.4) is 0 Å². The van der Waals surface area contributed by atoms with Gasteiger partial charge in [0.15, 0.2) is 12.4 Å². The van der Waals surface area contributed by atoms with Crippen molar-refractivity contribution in [2.45, 2.75) is 32.6 Å². The summed E-state index contributed by atoms with van der Waals surface area (Å²) in [5, 5.41) is 10.9. The van der Waals surface area contributed by atoms with E-state index in [-0.39, 0.29) is 29.3 Å². The third kappa shape index (κ3) is 5.92. The lowest BCUT2D eigenvalue weighted by molar-refractivity contribution is -0.113. The molecule has 1 heterocycles. The Kier molecular flexibility index (Phi) is 6.66. The largest absolute Gasteiger partial charge is 0.484 e. The lowest BCUT2D eigenvalue weighted by Gasteiger charge is -2.06. The summed E-state index contributed by atoms with van der Waals surface area (Å²) in [6, 6.07) is 12.6. The molecule has 0 aliphatic heterocycles. The highest BCUT2D eigenvalue weighted by atomic mass is 32.2. The number of benzene rings is 2. The molecule has 1 amide bonds. The minimum Gasteiger partial charge on any atom is -0.484 e. The van der Waals surface area contributed by atoms with Crippen LogP contribution in [0, 0.1) is 13.8 Å². The van der Waals surface area contributed by atoms with Crippen LogP contribution in [0.15, 0.2) is 52.1 Å². The van der Waals surface area contributed by atoms with E-state index in [4.69, 9.17) is 9.15 Å². The van der Waals surface area contributed by atoms with E-state index in [0.29, 0.717) is 17.1 Å². The van der Waals surface area contributed by atoms with Crippen molar-refractivity contribution in [1.29, 1.82) is 0 Å². The highest BCUT2D eigenvalue weighted by Gasteiger charge is 2.11. The van der Waals surface area contributed by atoms with Gasteiger partial charge in [0.05, 0.1) is 5.75 Å². The second kappa shape index (κ2) is 9.38. The molecule has 7 nitrogen and oxygen atoms in total. The maximum absolute atomic E-state index is 12.1. The van der Waals surface area contributed by atoms with Gasteiger partial charge in [-0.15, -0.1) is 10.2 Å². The molecular weight excluding hydrogens is 390 g/mol. The number of ketones is 1. The molecular formula is C21H21N3O4S. The minimum atomic E-state index is -0.234. The number of thioether (sulfide) groups is 1. The first-order valence-corrected chi connectivity index (χ1v) is 9.95. The second-order valence-electron chi connectivity index (χ2n) is 6.47. The van der Waals surface area contributed by atoms with Crippen molar-refractivity contribution >= 4 is 29.1 Å². The molecule has 0 aliphatic rings. The van der Waals surface area contributed by atoms with Gasteiger partial charge in [-0.3, -0.25) is 9.59 Å². The van der Waals surface area contributed by atoms with Gasteiger partial charge < -0.3 is 14.5 Å². The first kappa shape index (κ1) is 20.6. The highest BCUT2D eigenvalue weighted by molar-refractivity contribution is 7.99. The van der Waals surface area contributed by atoms with Crippen LogP contribution in [0.5, 0.6) is 5.75 Å². The number of aromatic nitrogens is 2. The van der Waals surface area contributed by atoms with Crippen LogP contribution in [0.1, 0.15) is 34.3 Å². The van der Waals surface area contributed by atoms with Gasteiger partial charge in [0.25, 0.3) is 11.1 Å². The Hall–Kier alpha value is -3.13. The summed E-state index contributed by atoms with van der Waals surface area (Å²) >= 11 is 1.13. The van der Waals surface area contributed by atoms with Crippen LogP contribution in [0.2, 0.25) is 0 Å². The smallest absolute Gasteiger partial charge is 0.277 e. The number of nitrogens with one attached hydrogen (secondary N) is 1. The van der Waals surface area contributed by atoms with Gasteiger partial charge in [0.1, 0.15) is 5.75 Å². The Morgan fingerprint density at radius 1 is 1.10 bits per heavy atom. The molecule has 1 aromatic heterocycles. The number of nitrogens with zero attached hydrogens (tertiary/aromatic N) is 2. The topological polar surface area (TPSA) is 94.3 Å². The number of carbonyl (C=O) groups excluding carboxylic acids is 2. The molecule has 3 rings (SSSR count). The summed E-state index contributed by atoms with van der Waals surface area (Å²) in [5.74, 6) is 0.871. The summed E-state index contributed by atoms with van der Waals surface area (Å²) < 4.78 is 11.2. The van der Waals surface area contributed by atoms with Crippen LogP contribution in [0.25, 0.3) is 0 Å². The fourth-order valence-electron chi connectivity index (χ4n) is 2.44. The zero-order valence-corrected chi connectivity index (χ0v) is 17.2. The van der Waals surface area contributed by atoms with E-state index >= 15 is 0 Å². The number of carbonyl (C=O) groups is 2. The molecule has 2 aromatic carbocycles. The molecule has 0 saturated heterocycles. The molecule has 0 unspecified atom stereocenters. The van der Waals surface area contributed by atoms with Crippen LogP contribution in [0.4, 0.5) is 5.69 Å². The Morgan fingerprint density at radius 3 is 2.69 bits per heavy atom. The normalized spacial score (nSPS) is 10.6. The number of amides is 1. The van der Waals surface area contributed by atoms with Crippen molar-refractivity contribution in [2.75, 3.05) is 11.1 Å². The van der Waals surface area contributed by atoms with E-state index in [1.165, 1.54) is 12.5 Å². The van der Waals surface area contributed by atoms with E-state index in [9.17, 15) is 9.59 Å². The molecule has 0 spiro atoms. The standard InChI is InChI=1S/C21H21N3O4S/c1-13-7-8-18(9-14(13)2)27-11-20-23-24-21(28-20)29-12-19(26)22-17-6-4-5-16(10-17)15(3)25/h4-10H,11-12H2,1-3H3,(H,22,26). The molecule has 150 valence electrons. The van der Waals surface area contributed by atoms with Gasteiger partial charge in [-0.05, 0) is 56.2 Å². The maximum atomic E-state index is 12.1. The lowest BCUT2D eigenvalue weighted by Crippen LogP contribution is -2.14. The average Bonchev–Trinajstić information content (AvgIpc) is 3.15. The fraction of sp³-hybridized carbons (Fsp3) is 0.238. The van der Waals surface area contributed by atoms with E-state index in [1.54, 1.807) is 24.3 Å². The van der Waals surface area contributed by atoms with Crippen LogP contribution >= 0.6 is 11.8 Å². The Bertz CT molecular complexity index is 1030. The summed E-state index contributed by atoms with van der Waals surface area (Å²) in [4.78, 5) is 23.5. The van der Waals surface area contributed by atoms with E-state index in [0.717, 1.165) is 23.1 Å². The molecule has 1 N–H and O–H groups in total. The van der Waals surface area contributed by atoms with Crippen molar-refractivity contribution in [3.63, 3.8) is 0 Å². The van der Waals surface area contributed by atoms with Crippen LogP contribution in [-0.4, -0.2) is 27.6 Å². The molecule has 0 fully saturated rings. The first-order valence-electron chi connectivity index (χ1n) is 8.97. The summed E-state index contributed by atoms with van der Waals surface area (Å²) in [6.07, 6.45) is 0. The molecule has 0 bridgehead atoms. The van der Waals surface area contributed by atoms with Gasteiger partial charge in [0.2, 0.25) is 5.91 Å². The fourth-order valence-corrected chi connectivity index (χ4v) is 3.02. The van der Waals surface area contributed by atoms with Crippen molar-refractivity contribution in [1.82, 2.24) is 10.2 Å². The first-order chi connectivity index (χ1) is 13.9. The van der Waals surface area contributed by atoms with Crippen molar-refractivity contribution in [2.24, 2.45) is 0 Å². The number of hydrogen-bond donors (Lipinski definition) is 1. The third-order valence-corrected chi connectivity index (χ3v) is 4.99. The van der Waals surface area contributed by atoms with Crippen LogP contribution in [-0.2, 0) is 11.4 Å².